The van der Waals surface area contributed by atoms with E-state index in [2.05, 4.69) is 50.2 Å². The molecule has 0 aliphatic rings. The van der Waals surface area contributed by atoms with E-state index in [0.29, 0.717) is 12.5 Å². The lowest BCUT2D eigenvalue weighted by Crippen LogP contribution is -2.14. The Bertz CT molecular complexity index is 501. The predicted molar refractivity (Wildman–Crippen MR) is 80.4 cm³/mol. The third-order valence-corrected chi connectivity index (χ3v) is 4.56. The summed E-state index contributed by atoms with van der Waals surface area (Å²) in [4.78, 5) is 2.91. The van der Waals surface area contributed by atoms with Crippen molar-refractivity contribution >= 4 is 11.3 Å². The molecule has 0 aliphatic heterocycles. The molecule has 1 nitrogen and oxygen atoms in total. The van der Waals surface area contributed by atoms with Crippen LogP contribution in [-0.4, -0.2) is 6.54 Å². The molecule has 1 unspecified atom stereocenters. The molecule has 1 atom stereocenters. The van der Waals surface area contributed by atoms with Gasteiger partial charge in [-0.3, -0.25) is 0 Å². The topological polar surface area (TPSA) is 26.0 Å². The first-order valence-corrected chi connectivity index (χ1v) is 7.38. The summed E-state index contributed by atoms with van der Waals surface area (Å²) in [5, 5.41) is 0. The highest BCUT2D eigenvalue weighted by molar-refractivity contribution is 7.11. The van der Waals surface area contributed by atoms with Crippen LogP contribution in [0, 0.1) is 6.92 Å². The minimum absolute atomic E-state index is 0.438. The Morgan fingerprint density at radius 1 is 1.17 bits per heavy atom. The lowest BCUT2D eigenvalue weighted by atomic mass is 9.94. The molecule has 18 heavy (non-hydrogen) atoms. The van der Waals surface area contributed by atoms with Gasteiger partial charge in [0.1, 0.15) is 0 Å². The highest BCUT2D eigenvalue weighted by Crippen LogP contribution is 2.25. The van der Waals surface area contributed by atoms with E-state index in [1.165, 1.54) is 20.9 Å². The summed E-state index contributed by atoms with van der Waals surface area (Å²) in [6.07, 6.45) is 2.19. The Morgan fingerprint density at radius 3 is 2.56 bits per heavy atom. The molecule has 0 fully saturated rings. The maximum Gasteiger partial charge on any atom is 0.00547 e. The van der Waals surface area contributed by atoms with Crippen molar-refractivity contribution in [2.24, 2.45) is 5.73 Å². The fourth-order valence-electron chi connectivity index (χ4n) is 2.23. The first-order chi connectivity index (χ1) is 8.72. The molecule has 0 aliphatic carbocycles. The summed E-state index contributed by atoms with van der Waals surface area (Å²) in [7, 11) is 0. The normalized spacial score (nSPS) is 12.6. The Hall–Kier alpha value is -1.12. The lowest BCUT2D eigenvalue weighted by Gasteiger charge is -2.14. The largest absolute Gasteiger partial charge is 0.330 e. The second-order valence-electron chi connectivity index (χ2n) is 4.77. The van der Waals surface area contributed by atoms with Gasteiger partial charge in [-0.2, -0.15) is 0 Å². The van der Waals surface area contributed by atoms with Crippen LogP contribution in [0.2, 0.25) is 0 Å². The SMILES string of the molecule is CCc1ccc(CC(CN)c2cccc(C)c2)s1. The molecule has 0 saturated carbocycles. The number of rotatable bonds is 5. The van der Waals surface area contributed by atoms with Gasteiger partial charge in [-0.15, -0.1) is 11.3 Å². The Labute approximate surface area is 114 Å². The monoisotopic (exact) mass is 259 g/mol. The molecule has 1 aromatic heterocycles. The number of hydrogen-bond acceptors (Lipinski definition) is 2. The van der Waals surface area contributed by atoms with Crippen molar-refractivity contribution in [3.8, 4) is 0 Å². The molecular formula is C16H21NS. The lowest BCUT2D eigenvalue weighted by molar-refractivity contribution is 0.700. The van der Waals surface area contributed by atoms with Crippen molar-refractivity contribution in [1.82, 2.24) is 0 Å². The van der Waals surface area contributed by atoms with E-state index < -0.39 is 0 Å². The molecule has 2 rings (SSSR count). The molecule has 2 heteroatoms. The van der Waals surface area contributed by atoms with Crippen LogP contribution in [0.4, 0.5) is 0 Å². The van der Waals surface area contributed by atoms with Crippen LogP contribution in [0.1, 0.15) is 33.7 Å². The minimum atomic E-state index is 0.438. The van der Waals surface area contributed by atoms with Crippen molar-refractivity contribution in [3.63, 3.8) is 0 Å². The zero-order chi connectivity index (χ0) is 13.0. The average molecular weight is 259 g/mol. The molecule has 1 aromatic carbocycles. The van der Waals surface area contributed by atoms with Gasteiger partial charge in [-0.05, 0) is 44.0 Å². The quantitative estimate of drug-likeness (QED) is 0.865. The first-order valence-electron chi connectivity index (χ1n) is 6.57. The fourth-order valence-corrected chi connectivity index (χ4v) is 3.26. The molecule has 0 spiro atoms. The first kappa shape index (κ1) is 13.3. The molecule has 2 aromatic rings. The van der Waals surface area contributed by atoms with Gasteiger partial charge in [-0.1, -0.05) is 36.8 Å². The summed E-state index contributed by atoms with van der Waals surface area (Å²) in [5.41, 5.74) is 8.62. The van der Waals surface area contributed by atoms with Crippen LogP contribution in [-0.2, 0) is 12.8 Å². The van der Waals surface area contributed by atoms with Gasteiger partial charge in [0.15, 0.2) is 0 Å². The zero-order valence-electron chi connectivity index (χ0n) is 11.1. The third kappa shape index (κ3) is 3.21. The number of nitrogens with two attached hydrogens (primary N) is 1. The van der Waals surface area contributed by atoms with E-state index in [-0.39, 0.29) is 0 Å². The summed E-state index contributed by atoms with van der Waals surface area (Å²) in [5.74, 6) is 0.438. The standard InChI is InChI=1S/C16H21NS/c1-3-15-7-8-16(18-15)10-14(11-17)13-6-4-5-12(2)9-13/h4-9,14H,3,10-11,17H2,1-2H3. The molecular weight excluding hydrogens is 238 g/mol. The van der Waals surface area contributed by atoms with Crippen LogP contribution < -0.4 is 5.73 Å². The Balaban J connectivity index is 2.14. The molecule has 0 bridgehead atoms. The Kier molecular flexibility index (Phi) is 4.56. The number of benzene rings is 1. The van der Waals surface area contributed by atoms with Gasteiger partial charge >= 0.3 is 0 Å². The molecule has 0 radical (unpaired) electrons. The van der Waals surface area contributed by atoms with Gasteiger partial charge in [0.2, 0.25) is 0 Å². The molecule has 2 N–H and O–H groups in total. The second kappa shape index (κ2) is 6.17. The summed E-state index contributed by atoms with van der Waals surface area (Å²) >= 11 is 1.92. The van der Waals surface area contributed by atoms with E-state index >= 15 is 0 Å². The van der Waals surface area contributed by atoms with E-state index in [1.807, 2.05) is 11.3 Å². The second-order valence-corrected chi connectivity index (χ2v) is 6.03. The van der Waals surface area contributed by atoms with Crippen molar-refractivity contribution in [2.45, 2.75) is 32.6 Å². The summed E-state index contributed by atoms with van der Waals surface area (Å²) in [6, 6.07) is 13.2. The van der Waals surface area contributed by atoms with Crippen molar-refractivity contribution < 1.29 is 0 Å². The van der Waals surface area contributed by atoms with Crippen molar-refractivity contribution in [1.29, 1.82) is 0 Å². The highest BCUT2D eigenvalue weighted by Gasteiger charge is 2.12. The van der Waals surface area contributed by atoms with E-state index in [1.54, 1.807) is 0 Å². The van der Waals surface area contributed by atoms with Gasteiger partial charge in [0.25, 0.3) is 0 Å². The average Bonchev–Trinajstić information content (AvgIpc) is 2.83. The molecule has 0 saturated heterocycles. The van der Waals surface area contributed by atoms with Crippen molar-refractivity contribution in [2.75, 3.05) is 6.54 Å². The fraction of sp³-hybridized carbons (Fsp3) is 0.375. The van der Waals surface area contributed by atoms with E-state index in [0.717, 1.165) is 12.8 Å². The minimum Gasteiger partial charge on any atom is -0.330 e. The number of hydrogen-bond donors (Lipinski definition) is 1. The maximum absolute atomic E-state index is 5.95. The maximum atomic E-state index is 5.95. The van der Waals surface area contributed by atoms with Crippen LogP contribution in [0.5, 0.6) is 0 Å². The van der Waals surface area contributed by atoms with Gasteiger partial charge in [-0.25, -0.2) is 0 Å². The van der Waals surface area contributed by atoms with Crippen LogP contribution in [0.25, 0.3) is 0 Å². The third-order valence-electron chi connectivity index (χ3n) is 3.31. The van der Waals surface area contributed by atoms with Crippen molar-refractivity contribution in [3.05, 3.63) is 57.3 Å². The highest BCUT2D eigenvalue weighted by atomic mass is 32.1. The predicted octanol–water partition coefficient (Wildman–Crippen LogP) is 3.90. The number of thiophene rings is 1. The van der Waals surface area contributed by atoms with Gasteiger partial charge in [0.05, 0.1) is 0 Å². The number of aryl methyl sites for hydroxylation is 2. The van der Waals surface area contributed by atoms with Gasteiger partial charge < -0.3 is 5.73 Å². The van der Waals surface area contributed by atoms with Crippen LogP contribution in [0.3, 0.4) is 0 Å². The molecule has 96 valence electrons. The summed E-state index contributed by atoms with van der Waals surface area (Å²) < 4.78 is 0. The summed E-state index contributed by atoms with van der Waals surface area (Å²) in [6.45, 7) is 5.05. The van der Waals surface area contributed by atoms with Crippen LogP contribution in [0.15, 0.2) is 36.4 Å². The molecule has 0 amide bonds. The smallest absolute Gasteiger partial charge is 0.00547 e. The Morgan fingerprint density at radius 2 is 1.94 bits per heavy atom. The van der Waals surface area contributed by atoms with Crippen LogP contribution >= 0.6 is 11.3 Å². The van der Waals surface area contributed by atoms with E-state index in [4.69, 9.17) is 5.73 Å². The van der Waals surface area contributed by atoms with Gasteiger partial charge in [0, 0.05) is 15.7 Å². The zero-order valence-corrected chi connectivity index (χ0v) is 12.0. The molecule has 1 heterocycles. The van der Waals surface area contributed by atoms with E-state index in [9.17, 15) is 0 Å².